The summed E-state index contributed by atoms with van der Waals surface area (Å²) in [6.07, 6.45) is 7.60. The highest BCUT2D eigenvalue weighted by atomic mass is 16.6. The standard InChI is InChI=1S/C18H25N3O4/c1-6-9-20(5)16(22)14-15(24-12-19-14)13-7-10-21(11-8-13)17(23)25-18(2,3)4/h1,12-13H,7-11H2,2-5H3. The van der Waals surface area contributed by atoms with Crippen molar-refractivity contribution in [1.82, 2.24) is 14.8 Å². The van der Waals surface area contributed by atoms with E-state index in [1.807, 2.05) is 20.8 Å². The van der Waals surface area contributed by atoms with Gasteiger partial charge in [-0.1, -0.05) is 5.92 Å². The Morgan fingerprint density at radius 3 is 2.64 bits per heavy atom. The maximum absolute atomic E-state index is 12.4. The van der Waals surface area contributed by atoms with Gasteiger partial charge in [-0.3, -0.25) is 4.79 Å². The van der Waals surface area contributed by atoms with E-state index in [1.165, 1.54) is 11.3 Å². The third kappa shape index (κ3) is 4.75. The van der Waals surface area contributed by atoms with Gasteiger partial charge in [-0.25, -0.2) is 9.78 Å². The molecular weight excluding hydrogens is 322 g/mol. The lowest BCUT2D eigenvalue weighted by atomic mass is 9.93. The van der Waals surface area contributed by atoms with E-state index in [0.29, 0.717) is 37.4 Å². The molecular formula is C18H25N3O4. The SMILES string of the molecule is C#CCN(C)C(=O)c1ncoc1C1CCN(C(=O)OC(C)(C)C)CC1. The second-order valence-electron chi connectivity index (χ2n) is 7.17. The molecule has 0 spiro atoms. The number of likely N-dealkylation sites (tertiary alicyclic amines) is 1. The van der Waals surface area contributed by atoms with Crippen LogP contribution in [-0.4, -0.2) is 59.1 Å². The highest BCUT2D eigenvalue weighted by Crippen LogP contribution is 2.31. The van der Waals surface area contributed by atoms with Crippen molar-refractivity contribution < 1.29 is 18.7 Å². The molecule has 2 heterocycles. The number of rotatable bonds is 3. The van der Waals surface area contributed by atoms with E-state index >= 15 is 0 Å². The summed E-state index contributed by atoms with van der Waals surface area (Å²) in [5.41, 5.74) is -0.214. The molecule has 0 N–H and O–H groups in total. The van der Waals surface area contributed by atoms with Crippen LogP contribution in [-0.2, 0) is 4.74 Å². The molecule has 0 saturated carbocycles. The van der Waals surface area contributed by atoms with Gasteiger partial charge < -0.3 is 19.0 Å². The van der Waals surface area contributed by atoms with Crippen LogP contribution in [0.15, 0.2) is 10.8 Å². The molecule has 1 aliphatic rings. The monoisotopic (exact) mass is 347 g/mol. The molecule has 1 aliphatic heterocycles. The first-order valence-corrected chi connectivity index (χ1v) is 8.33. The fourth-order valence-electron chi connectivity index (χ4n) is 2.75. The first kappa shape index (κ1) is 18.8. The molecule has 0 radical (unpaired) electrons. The van der Waals surface area contributed by atoms with E-state index in [0.717, 1.165) is 0 Å². The number of oxazole rings is 1. The first-order chi connectivity index (χ1) is 11.7. The number of aromatic nitrogens is 1. The van der Waals surface area contributed by atoms with Crippen LogP contribution in [0.1, 0.15) is 55.8 Å². The Hall–Kier alpha value is -2.49. The molecule has 2 amide bonds. The van der Waals surface area contributed by atoms with E-state index in [-0.39, 0.29) is 24.5 Å². The zero-order valence-electron chi connectivity index (χ0n) is 15.2. The molecule has 0 aliphatic carbocycles. The van der Waals surface area contributed by atoms with E-state index in [9.17, 15) is 9.59 Å². The van der Waals surface area contributed by atoms with Gasteiger partial charge in [0.05, 0.1) is 6.54 Å². The summed E-state index contributed by atoms with van der Waals surface area (Å²) in [4.78, 5) is 31.7. The third-order valence-electron chi connectivity index (χ3n) is 3.99. The summed E-state index contributed by atoms with van der Waals surface area (Å²) in [6, 6.07) is 0. The number of amides is 2. The molecule has 1 fully saturated rings. The molecule has 1 saturated heterocycles. The number of hydrogen-bond acceptors (Lipinski definition) is 5. The van der Waals surface area contributed by atoms with Crippen LogP contribution in [0.5, 0.6) is 0 Å². The van der Waals surface area contributed by atoms with Crippen LogP contribution >= 0.6 is 0 Å². The third-order valence-corrected chi connectivity index (χ3v) is 3.99. The van der Waals surface area contributed by atoms with Crippen LogP contribution in [0.2, 0.25) is 0 Å². The van der Waals surface area contributed by atoms with Gasteiger partial charge in [0.15, 0.2) is 12.1 Å². The Morgan fingerprint density at radius 1 is 1.44 bits per heavy atom. The number of ether oxygens (including phenoxy) is 1. The molecule has 7 heteroatoms. The Labute approximate surface area is 148 Å². The first-order valence-electron chi connectivity index (χ1n) is 8.33. The van der Waals surface area contributed by atoms with Crippen molar-refractivity contribution >= 4 is 12.0 Å². The predicted octanol–water partition coefficient (Wildman–Crippen LogP) is 2.49. The quantitative estimate of drug-likeness (QED) is 0.785. The molecule has 25 heavy (non-hydrogen) atoms. The van der Waals surface area contributed by atoms with Gasteiger partial charge in [0.1, 0.15) is 11.4 Å². The summed E-state index contributed by atoms with van der Waals surface area (Å²) in [7, 11) is 1.63. The maximum Gasteiger partial charge on any atom is 0.410 e. The number of carbonyl (C=O) groups excluding carboxylic acids is 2. The van der Waals surface area contributed by atoms with E-state index < -0.39 is 5.60 Å². The number of terminal acetylenes is 1. The molecule has 0 unspecified atom stereocenters. The Bertz CT molecular complexity index is 661. The van der Waals surface area contributed by atoms with Gasteiger partial charge in [0.2, 0.25) is 0 Å². The minimum absolute atomic E-state index is 0.0411. The largest absolute Gasteiger partial charge is 0.447 e. The summed E-state index contributed by atoms with van der Waals surface area (Å²) < 4.78 is 10.9. The Balaban J connectivity index is 2.00. The minimum Gasteiger partial charge on any atom is -0.447 e. The van der Waals surface area contributed by atoms with E-state index in [4.69, 9.17) is 15.6 Å². The van der Waals surface area contributed by atoms with Gasteiger partial charge in [-0.2, -0.15) is 0 Å². The van der Waals surface area contributed by atoms with Crippen molar-refractivity contribution in [2.45, 2.75) is 45.1 Å². The zero-order chi connectivity index (χ0) is 18.6. The average molecular weight is 347 g/mol. The number of hydrogen-bond donors (Lipinski definition) is 0. The lowest BCUT2D eigenvalue weighted by Gasteiger charge is -2.32. The van der Waals surface area contributed by atoms with Crippen molar-refractivity contribution in [3.8, 4) is 12.3 Å². The molecule has 1 aromatic rings. The zero-order valence-corrected chi connectivity index (χ0v) is 15.2. The van der Waals surface area contributed by atoms with Gasteiger partial charge in [-0.05, 0) is 33.6 Å². The Kier molecular flexibility index (Phi) is 5.73. The molecule has 7 nitrogen and oxygen atoms in total. The lowest BCUT2D eigenvalue weighted by Crippen LogP contribution is -2.41. The molecule has 0 aromatic carbocycles. The lowest BCUT2D eigenvalue weighted by molar-refractivity contribution is 0.0199. The van der Waals surface area contributed by atoms with Crippen molar-refractivity contribution in [3.63, 3.8) is 0 Å². The maximum atomic E-state index is 12.4. The average Bonchev–Trinajstić information content (AvgIpc) is 3.02. The van der Waals surface area contributed by atoms with Crippen LogP contribution in [0.4, 0.5) is 4.79 Å². The smallest absolute Gasteiger partial charge is 0.410 e. The van der Waals surface area contributed by atoms with Gasteiger partial charge in [-0.15, -0.1) is 6.42 Å². The van der Waals surface area contributed by atoms with Crippen LogP contribution in [0.3, 0.4) is 0 Å². The van der Waals surface area contributed by atoms with Crippen molar-refractivity contribution in [2.24, 2.45) is 0 Å². The van der Waals surface area contributed by atoms with Crippen molar-refractivity contribution in [2.75, 3.05) is 26.7 Å². The van der Waals surface area contributed by atoms with E-state index in [1.54, 1.807) is 11.9 Å². The fraction of sp³-hybridized carbons (Fsp3) is 0.611. The van der Waals surface area contributed by atoms with Crippen molar-refractivity contribution in [1.29, 1.82) is 0 Å². The van der Waals surface area contributed by atoms with Crippen LogP contribution in [0, 0.1) is 12.3 Å². The molecule has 1 aromatic heterocycles. The predicted molar refractivity (Wildman–Crippen MR) is 92.1 cm³/mol. The molecule has 136 valence electrons. The van der Waals surface area contributed by atoms with E-state index in [2.05, 4.69) is 10.9 Å². The Morgan fingerprint density at radius 2 is 2.08 bits per heavy atom. The summed E-state index contributed by atoms with van der Waals surface area (Å²) in [6.45, 7) is 6.84. The second-order valence-corrected chi connectivity index (χ2v) is 7.17. The highest BCUT2D eigenvalue weighted by molar-refractivity contribution is 5.93. The number of piperidine rings is 1. The van der Waals surface area contributed by atoms with Gasteiger partial charge >= 0.3 is 6.09 Å². The number of carbonyl (C=O) groups is 2. The summed E-state index contributed by atoms with van der Waals surface area (Å²) in [5, 5.41) is 0. The molecule has 2 rings (SSSR count). The summed E-state index contributed by atoms with van der Waals surface area (Å²) >= 11 is 0. The van der Waals surface area contributed by atoms with Gasteiger partial charge in [0, 0.05) is 26.1 Å². The summed E-state index contributed by atoms with van der Waals surface area (Å²) in [5.74, 6) is 2.79. The highest BCUT2D eigenvalue weighted by Gasteiger charge is 2.32. The van der Waals surface area contributed by atoms with Gasteiger partial charge in [0.25, 0.3) is 5.91 Å². The minimum atomic E-state index is -0.514. The number of nitrogens with zero attached hydrogens (tertiary/aromatic N) is 3. The normalized spacial score (nSPS) is 15.6. The topological polar surface area (TPSA) is 75.9 Å². The molecule has 0 bridgehead atoms. The van der Waals surface area contributed by atoms with Crippen LogP contribution in [0.25, 0.3) is 0 Å². The molecule has 0 atom stereocenters. The van der Waals surface area contributed by atoms with Crippen molar-refractivity contribution in [3.05, 3.63) is 17.8 Å². The fourth-order valence-corrected chi connectivity index (χ4v) is 2.75. The second kappa shape index (κ2) is 7.60. The van der Waals surface area contributed by atoms with Crippen LogP contribution < -0.4 is 0 Å².